The maximum atomic E-state index is 6.04. The van der Waals surface area contributed by atoms with Gasteiger partial charge in [-0.15, -0.1) is 34.2 Å². The quantitative estimate of drug-likeness (QED) is 0.235. The highest BCUT2D eigenvalue weighted by Gasteiger charge is 2.08. The summed E-state index contributed by atoms with van der Waals surface area (Å²) in [6.45, 7) is 9.13. The number of aromatic nitrogens is 3. The Hall–Kier alpha value is -2.40. The van der Waals surface area contributed by atoms with Crippen molar-refractivity contribution in [2.45, 2.75) is 26.9 Å². The number of hydrogen-bond donors (Lipinski definition) is 2. The van der Waals surface area contributed by atoms with E-state index in [0.717, 1.165) is 42.4 Å². The molecule has 0 aliphatic heterocycles. The monoisotopic (exact) mass is 537 g/mol. The fraction of sp³-hybridized carbons (Fsp3) is 0.409. The number of halogens is 1. The van der Waals surface area contributed by atoms with E-state index in [-0.39, 0.29) is 24.0 Å². The van der Waals surface area contributed by atoms with Crippen molar-refractivity contribution in [3.8, 4) is 5.75 Å². The lowest BCUT2D eigenvalue weighted by atomic mass is 10.2. The van der Waals surface area contributed by atoms with Gasteiger partial charge in [-0.3, -0.25) is 9.39 Å². The lowest BCUT2D eigenvalue weighted by Crippen LogP contribution is -2.36. The fourth-order valence-corrected chi connectivity index (χ4v) is 3.19. The molecule has 0 aliphatic carbocycles. The number of para-hydroxylation sites is 1. The van der Waals surface area contributed by atoms with E-state index < -0.39 is 0 Å². The van der Waals surface area contributed by atoms with Crippen LogP contribution in [0.3, 0.4) is 0 Å². The number of nitrogens with one attached hydrogen (secondary N) is 2. The Labute approximate surface area is 201 Å². The van der Waals surface area contributed by atoms with Crippen LogP contribution in [0, 0.1) is 0 Å². The third-order valence-electron chi connectivity index (χ3n) is 5.00. The smallest absolute Gasteiger partial charge is 0.191 e. The Bertz CT molecular complexity index is 956. The van der Waals surface area contributed by atoms with Gasteiger partial charge in [0.15, 0.2) is 17.4 Å². The van der Waals surface area contributed by atoms with Crippen LogP contribution in [-0.4, -0.2) is 58.7 Å². The number of pyridine rings is 1. The summed E-state index contributed by atoms with van der Waals surface area (Å²) in [6.07, 6.45) is 1.95. The molecule has 3 rings (SSSR count). The molecular weight excluding hydrogens is 505 g/mol. The van der Waals surface area contributed by atoms with E-state index in [1.54, 1.807) is 7.05 Å². The van der Waals surface area contributed by atoms with Crippen molar-refractivity contribution in [2.24, 2.45) is 4.99 Å². The number of fused-ring (bicyclic) bond motifs is 1. The number of aliphatic imine (C=N–C) groups is 1. The fourth-order valence-electron chi connectivity index (χ4n) is 3.19. The van der Waals surface area contributed by atoms with Crippen LogP contribution < -0.4 is 15.4 Å². The molecule has 31 heavy (non-hydrogen) atoms. The molecule has 168 valence electrons. The average Bonchev–Trinajstić information content (AvgIpc) is 3.21. The van der Waals surface area contributed by atoms with Gasteiger partial charge >= 0.3 is 0 Å². The zero-order valence-electron chi connectivity index (χ0n) is 18.4. The first-order chi connectivity index (χ1) is 14.7. The van der Waals surface area contributed by atoms with E-state index in [0.29, 0.717) is 25.7 Å². The summed E-state index contributed by atoms with van der Waals surface area (Å²) in [7, 11) is 1.75. The van der Waals surface area contributed by atoms with Gasteiger partial charge in [0.05, 0.1) is 6.54 Å². The molecule has 8 nitrogen and oxygen atoms in total. The molecule has 0 unspecified atom stereocenters. The Kier molecular flexibility index (Phi) is 10.5. The molecule has 0 spiro atoms. The van der Waals surface area contributed by atoms with Gasteiger partial charge in [-0.1, -0.05) is 38.1 Å². The largest absolute Gasteiger partial charge is 0.492 e. The van der Waals surface area contributed by atoms with Crippen LogP contribution in [-0.2, 0) is 13.1 Å². The summed E-state index contributed by atoms with van der Waals surface area (Å²) >= 11 is 0. The van der Waals surface area contributed by atoms with Crippen LogP contribution in [0.4, 0.5) is 0 Å². The van der Waals surface area contributed by atoms with Crippen molar-refractivity contribution in [3.05, 3.63) is 60.0 Å². The number of likely N-dealkylation sites (N-methyl/N-ethyl adjacent to an activating group) is 1. The molecule has 3 aromatic rings. The Balaban J connectivity index is 0.00000341. The molecule has 9 heteroatoms. The molecule has 0 amide bonds. The van der Waals surface area contributed by atoms with Crippen LogP contribution in [0.25, 0.3) is 5.65 Å². The zero-order chi connectivity index (χ0) is 21.2. The van der Waals surface area contributed by atoms with E-state index in [4.69, 9.17) is 4.74 Å². The second-order valence-electron chi connectivity index (χ2n) is 6.81. The molecule has 0 fully saturated rings. The highest BCUT2D eigenvalue weighted by Crippen LogP contribution is 2.17. The summed E-state index contributed by atoms with van der Waals surface area (Å²) in [5.41, 5.74) is 1.92. The van der Waals surface area contributed by atoms with E-state index >= 15 is 0 Å². The van der Waals surface area contributed by atoms with E-state index in [9.17, 15) is 0 Å². The number of guanidine groups is 1. The predicted molar refractivity (Wildman–Crippen MR) is 135 cm³/mol. The van der Waals surface area contributed by atoms with Crippen molar-refractivity contribution >= 4 is 35.6 Å². The number of nitrogens with zero attached hydrogens (tertiary/aromatic N) is 5. The van der Waals surface area contributed by atoms with Gasteiger partial charge in [0.1, 0.15) is 12.4 Å². The van der Waals surface area contributed by atoms with E-state index in [1.165, 1.54) is 0 Å². The third kappa shape index (κ3) is 7.06. The van der Waals surface area contributed by atoms with Crippen LogP contribution in [0.2, 0.25) is 0 Å². The van der Waals surface area contributed by atoms with Gasteiger partial charge in [-0.05, 0) is 31.3 Å². The summed E-state index contributed by atoms with van der Waals surface area (Å²) in [5, 5.41) is 15.1. The molecule has 2 heterocycles. The maximum Gasteiger partial charge on any atom is 0.191 e. The van der Waals surface area contributed by atoms with Crippen molar-refractivity contribution in [2.75, 3.05) is 33.3 Å². The SMILES string of the molecule is CCN(CC)CCOc1ccccc1CNC(=NC)NCc1nnc2ccccn12.I. The predicted octanol–water partition coefficient (Wildman–Crippen LogP) is 2.93. The van der Waals surface area contributed by atoms with E-state index in [1.807, 2.05) is 47.0 Å². The van der Waals surface area contributed by atoms with E-state index in [2.05, 4.69) is 50.6 Å². The molecule has 0 saturated carbocycles. The molecule has 2 aromatic heterocycles. The van der Waals surface area contributed by atoms with Gasteiger partial charge in [-0.2, -0.15) is 0 Å². The average molecular weight is 537 g/mol. The number of benzene rings is 1. The molecule has 0 aliphatic rings. The van der Waals surface area contributed by atoms with Gasteiger partial charge in [0.2, 0.25) is 0 Å². The second-order valence-corrected chi connectivity index (χ2v) is 6.81. The highest BCUT2D eigenvalue weighted by molar-refractivity contribution is 14.0. The van der Waals surface area contributed by atoms with Gasteiger partial charge in [0.25, 0.3) is 0 Å². The summed E-state index contributed by atoms with van der Waals surface area (Å²) in [5.74, 6) is 2.42. The molecule has 0 bridgehead atoms. The van der Waals surface area contributed by atoms with Crippen molar-refractivity contribution in [1.82, 2.24) is 30.1 Å². The molecule has 0 atom stereocenters. The minimum atomic E-state index is 0. The topological polar surface area (TPSA) is 79.1 Å². The Morgan fingerprint density at radius 2 is 1.77 bits per heavy atom. The Morgan fingerprint density at radius 1 is 1.03 bits per heavy atom. The second kappa shape index (κ2) is 13.1. The van der Waals surface area contributed by atoms with Crippen molar-refractivity contribution in [3.63, 3.8) is 0 Å². The van der Waals surface area contributed by atoms with Crippen LogP contribution in [0.5, 0.6) is 5.75 Å². The molecule has 0 radical (unpaired) electrons. The molecule has 0 saturated heterocycles. The first-order valence-corrected chi connectivity index (χ1v) is 10.4. The first-order valence-electron chi connectivity index (χ1n) is 10.4. The highest BCUT2D eigenvalue weighted by atomic mass is 127. The van der Waals surface area contributed by atoms with Crippen LogP contribution in [0.1, 0.15) is 25.2 Å². The van der Waals surface area contributed by atoms with Crippen molar-refractivity contribution < 1.29 is 4.74 Å². The minimum absolute atomic E-state index is 0. The normalized spacial score (nSPS) is 11.4. The number of hydrogen-bond acceptors (Lipinski definition) is 5. The van der Waals surface area contributed by atoms with Crippen molar-refractivity contribution in [1.29, 1.82) is 0 Å². The van der Waals surface area contributed by atoms with Gasteiger partial charge < -0.3 is 20.3 Å². The first kappa shape index (κ1) is 24.9. The van der Waals surface area contributed by atoms with Crippen LogP contribution >= 0.6 is 24.0 Å². The summed E-state index contributed by atoms with van der Waals surface area (Å²) in [6, 6.07) is 13.9. The minimum Gasteiger partial charge on any atom is -0.492 e. The lowest BCUT2D eigenvalue weighted by Gasteiger charge is -2.19. The van der Waals surface area contributed by atoms with Gasteiger partial charge in [0, 0.05) is 31.9 Å². The molecule has 1 aromatic carbocycles. The van der Waals surface area contributed by atoms with Crippen LogP contribution in [0.15, 0.2) is 53.7 Å². The Morgan fingerprint density at radius 3 is 2.55 bits per heavy atom. The number of rotatable bonds is 10. The zero-order valence-corrected chi connectivity index (χ0v) is 20.7. The van der Waals surface area contributed by atoms with Gasteiger partial charge in [-0.25, -0.2) is 0 Å². The third-order valence-corrected chi connectivity index (χ3v) is 5.00. The summed E-state index contributed by atoms with van der Waals surface area (Å²) in [4.78, 5) is 6.66. The summed E-state index contributed by atoms with van der Waals surface area (Å²) < 4.78 is 8.00. The maximum absolute atomic E-state index is 6.04. The standard InChI is InChI=1S/C22H31N7O.HI/c1-4-28(5-2)14-15-30-19-11-7-6-10-18(19)16-24-22(23-3)25-17-21-27-26-20-12-8-9-13-29(20)21;/h6-13H,4-5,14-17H2,1-3H3,(H2,23,24,25);1H. The number of ether oxygens (including phenoxy) is 1. The molecular formula is C22H32IN7O. The molecule has 2 N–H and O–H groups in total. The lowest BCUT2D eigenvalue weighted by molar-refractivity contribution is 0.221.